The molecule has 24 heavy (non-hydrogen) atoms. The van der Waals surface area contributed by atoms with Crippen LogP contribution in [0, 0.1) is 0 Å². The number of aliphatic carboxylic acids is 1. The van der Waals surface area contributed by atoms with Gasteiger partial charge in [-0.1, -0.05) is 18.2 Å². The number of carboxylic acids is 1. The highest BCUT2D eigenvalue weighted by atomic mass is 16.4. The van der Waals surface area contributed by atoms with Gasteiger partial charge in [-0.3, -0.25) is 19.2 Å². The number of fused-ring (bicyclic) bond motifs is 1. The smallest absolute Gasteiger partial charge is 0.322 e. The Morgan fingerprint density at radius 3 is 2.38 bits per heavy atom. The number of para-hydroxylation sites is 1. The first-order chi connectivity index (χ1) is 11.4. The fourth-order valence-corrected chi connectivity index (χ4v) is 2.28. The van der Waals surface area contributed by atoms with Crippen molar-refractivity contribution in [1.82, 2.24) is 15.2 Å². The number of carbonyl (C=O) groups excluding carboxylic acids is 3. The molecule has 2 aromatic rings. The third kappa shape index (κ3) is 4.19. The number of carbonyl (C=O) groups is 4. The molecule has 0 bridgehead atoms. The van der Waals surface area contributed by atoms with E-state index in [4.69, 9.17) is 5.11 Å². The van der Waals surface area contributed by atoms with Crippen molar-refractivity contribution in [3.05, 3.63) is 36.0 Å². The Balaban J connectivity index is 2.02. The van der Waals surface area contributed by atoms with Gasteiger partial charge in [0.1, 0.15) is 13.1 Å². The number of nitrogens with zero attached hydrogens (tertiary/aromatic N) is 1. The van der Waals surface area contributed by atoms with Crippen molar-refractivity contribution in [1.29, 1.82) is 0 Å². The molecule has 1 aromatic heterocycles. The molecule has 0 fully saturated rings. The minimum Gasteiger partial charge on any atom is -0.480 e. The number of aromatic nitrogens is 1. The fraction of sp³-hybridized carbons (Fsp3) is 0.250. The maximum atomic E-state index is 12.0. The average Bonchev–Trinajstić information content (AvgIpc) is 2.90. The molecular formula is C16H17N3O5. The van der Waals surface area contributed by atoms with Gasteiger partial charge in [-0.2, -0.15) is 0 Å². The number of hydrogen-bond donors (Lipinski definition) is 3. The van der Waals surface area contributed by atoms with Gasteiger partial charge in [-0.25, -0.2) is 0 Å². The molecule has 1 heterocycles. The van der Waals surface area contributed by atoms with Gasteiger partial charge in [0.2, 0.25) is 11.8 Å². The lowest BCUT2D eigenvalue weighted by atomic mass is 10.1. The molecule has 0 aliphatic heterocycles. The summed E-state index contributed by atoms with van der Waals surface area (Å²) in [5.74, 6) is -2.27. The molecule has 0 radical (unpaired) electrons. The van der Waals surface area contributed by atoms with Crippen LogP contribution in [0.3, 0.4) is 0 Å². The summed E-state index contributed by atoms with van der Waals surface area (Å²) in [5.41, 5.74) is 1.27. The number of Topliss-reactive ketones (excluding diaryl/α,β-unsaturated/α-hetero) is 1. The van der Waals surface area contributed by atoms with Gasteiger partial charge in [-0.15, -0.1) is 0 Å². The van der Waals surface area contributed by atoms with Crippen LogP contribution in [0.2, 0.25) is 0 Å². The van der Waals surface area contributed by atoms with E-state index in [1.54, 1.807) is 29.0 Å². The van der Waals surface area contributed by atoms with Crippen LogP contribution in [-0.4, -0.2) is 46.3 Å². The van der Waals surface area contributed by atoms with Gasteiger partial charge in [0.25, 0.3) is 0 Å². The minimum atomic E-state index is -1.16. The molecule has 0 saturated heterocycles. The van der Waals surface area contributed by atoms with Crippen molar-refractivity contribution in [3.8, 4) is 0 Å². The number of hydrogen-bond acceptors (Lipinski definition) is 4. The third-order valence-electron chi connectivity index (χ3n) is 3.36. The minimum absolute atomic E-state index is 0.0556. The Morgan fingerprint density at radius 1 is 1.04 bits per heavy atom. The largest absolute Gasteiger partial charge is 0.480 e. The Hall–Kier alpha value is -3.16. The zero-order chi connectivity index (χ0) is 17.7. The summed E-state index contributed by atoms with van der Waals surface area (Å²) < 4.78 is 1.64. The molecule has 8 heteroatoms. The van der Waals surface area contributed by atoms with Crippen molar-refractivity contribution >= 4 is 34.5 Å². The summed E-state index contributed by atoms with van der Waals surface area (Å²) in [6.45, 7) is 0.586. The van der Waals surface area contributed by atoms with Crippen molar-refractivity contribution in [2.75, 3.05) is 13.1 Å². The van der Waals surface area contributed by atoms with E-state index in [1.165, 1.54) is 6.92 Å². The van der Waals surface area contributed by atoms with Crippen LogP contribution in [0.4, 0.5) is 0 Å². The van der Waals surface area contributed by atoms with E-state index in [0.29, 0.717) is 5.56 Å². The number of ketones is 1. The Morgan fingerprint density at radius 2 is 1.71 bits per heavy atom. The van der Waals surface area contributed by atoms with E-state index < -0.39 is 24.3 Å². The molecule has 0 aliphatic rings. The molecule has 2 rings (SSSR count). The highest BCUT2D eigenvalue weighted by Crippen LogP contribution is 2.21. The maximum Gasteiger partial charge on any atom is 0.322 e. The zero-order valence-corrected chi connectivity index (χ0v) is 13.0. The number of nitrogens with one attached hydrogen (secondary N) is 2. The molecule has 0 unspecified atom stereocenters. The van der Waals surface area contributed by atoms with E-state index in [1.807, 2.05) is 6.07 Å². The fourth-order valence-electron chi connectivity index (χ4n) is 2.28. The molecule has 126 valence electrons. The van der Waals surface area contributed by atoms with Gasteiger partial charge in [0.15, 0.2) is 5.78 Å². The van der Waals surface area contributed by atoms with Crippen LogP contribution in [0.25, 0.3) is 10.9 Å². The average molecular weight is 331 g/mol. The summed E-state index contributed by atoms with van der Waals surface area (Å²) >= 11 is 0. The standard InChI is InChI=1S/C16H17N3O5/c1-10(20)12-8-19(13-5-3-2-4-11(12)13)9-15(22)17-6-14(21)18-7-16(23)24/h2-5,8H,6-7,9H2,1H3,(H,17,22)(H,18,21)(H,23,24). The summed E-state index contributed by atoms with van der Waals surface area (Å²) in [5, 5.41) is 13.8. The van der Waals surface area contributed by atoms with E-state index in [2.05, 4.69) is 10.6 Å². The van der Waals surface area contributed by atoms with E-state index in [9.17, 15) is 19.2 Å². The Kier molecular flexibility index (Phi) is 5.31. The number of rotatable bonds is 7. The highest BCUT2D eigenvalue weighted by molar-refractivity contribution is 6.07. The molecule has 0 aliphatic carbocycles. The first-order valence-corrected chi connectivity index (χ1v) is 7.22. The van der Waals surface area contributed by atoms with Crippen molar-refractivity contribution in [3.63, 3.8) is 0 Å². The number of carboxylic acid groups (broad SMARTS) is 1. The van der Waals surface area contributed by atoms with Gasteiger partial charge in [0.05, 0.1) is 6.54 Å². The molecule has 1 aromatic carbocycles. The SMILES string of the molecule is CC(=O)c1cn(CC(=O)NCC(=O)NCC(=O)O)c2ccccc12. The van der Waals surface area contributed by atoms with Crippen LogP contribution < -0.4 is 10.6 Å². The van der Waals surface area contributed by atoms with Crippen molar-refractivity contribution in [2.24, 2.45) is 0 Å². The Bertz CT molecular complexity index is 809. The van der Waals surface area contributed by atoms with Gasteiger partial charge in [0, 0.05) is 22.7 Å². The molecule has 0 atom stereocenters. The van der Waals surface area contributed by atoms with E-state index >= 15 is 0 Å². The first kappa shape index (κ1) is 17.2. The van der Waals surface area contributed by atoms with Crippen LogP contribution in [0.5, 0.6) is 0 Å². The first-order valence-electron chi connectivity index (χ1n) is 7.22. The van der Waals surface area contributed by atoms with Crippen molar-refractivity contribution < 1.29 is 24.3 Å². The summed E-state index contributed by atoms with van der Waals surface area (Å²) in [6, 6.07) is 7.22. The summed E-state index contributed by atoms with van der Waals surface area (Å²) in [6.07, 6.45) is 1.61. The quantitative estimate of drug-likeness (QED) is 0.625. The van der Waals surface area contributed by atoms with E-state index in [0.717, 1.165) is 10.9 Å². The predicted molar refractivity (Wildman–Crippen MR) is 85.6 cm³/mol. The molecule has 3 N–H and O–H groups in total. The van der Waals surface area contributed by atoms with Gasteiger partial charge < -0.3 is 20.3 Å². The summed E-state index contributed by atoms with van der Waals surface area (Å²) in [4.78, 5) is 45.4. The molecule has 8 nitrogen and oxygen atoms in total. The third-order valence-corrected chi connectivity index (χ3v) is 3.36. The van der Waals surface area contributed by atoms with Gasteiger partial charge >= 0.3 is 5.97 Å². The van der Waals surface area contributed by atoms with Crippen LogP contribution in [-0.2, 0) is 20.9 Å². The lowest BCUT2D eigenvalue weighted by Gasteiger charge is -2.07. The normalized spacial score (nSPS) is 10.4. The number of amides is 2. The number of benzene rings is 1. The summed E-state index contributed by atoms with van der Waals surface area (Å²) in [7, 11) is 0. The molecule has 2 amide bonds. The monoisotopic (exact) mass is 331 g/mol. The second-order valence-electron chi connectivity index (χ2n) is 5.19. The Labute approximate surface area is 137 Å². The maximum absolute atomic E-state index is 12.0. The van der Waals surface area contributed by atoms with Crippen molar-refractivity contribution in [2.45, 2.75) is 13.5 Å². The van der Waals surface area contributed by atoms with Crippen LogP contribution in [0.15, 0.2) is 30.5 Å². The topological polar surface area (TPSA) is 118 Å². The lowest BCUT2D eigenvalue weighted by molar-refractivity contribution is -0.137. The molecule has 0 saturated carbocycles. The van der Waals surface area contributed by atoms with Gasteiger partial charge in [-0.05, 0) is 13.0 Å². The van der Waals surface area contributed by atoms with Crippen LogP contribution in [0.1, 0.15) is 17.3 Å². The second-order valence-corrected chi connectivity index (χ2v) is 5.19. The molecular weight excluding hydrogens is 314 g/mol. The lowest BCUT2D eigenvalue weighted by Crippen LogP contribution is -2.40. The van der Waals surface area contributed by atoms with E-state index in [-0.39, 0.29) is 18.9 Å². The second kappa shape index (κ2) is 7.40. The predicted octanol–water partition coefficient (Wildman–Crippen LogP) is 0.161. The zero-order valence-electron chi connectivity index (χ0n) is 13.0. The molecule has 0 spiro atoms. The highest BCUT2D eigenvalue weighted by Gasteiger charge is 2.14. The van der Waals surface area contributed by atoms with Crippen LogP contribution >= 0.6 is 0 Å².